The molecule has 0 bridgehead atoms. The van der Waals surface area contributed by atoms with E-state index in [0.29, 0.717) is 19.0 Å². The van der Waals surface area contributed by atoms with E-state index < -0.39 is 12.6 Å². The number of fused-ring (bicyclic) bond motifs is 1. The third-order valence-electron chi connectivity index (χ3n) is 5.74. The minimum absolute atomic E-state index is 0.0601. The number of piperidine rings is 1. The lowest BCUT2D eigenvalue weighted by Crippen LogP contribution is -2.40. The largest absolute Gasteiger partial charge is 0.390 e. The average Bonchev–Trinajstić information content (AvgIpc) is 3.17. The Bertz CT molecular complexity index is 1140. The van der Waals surface area contributed by atoms with Crippen molar-refractivity contribution in [2.75, 3.05) is 25.0 Å². The first kappa shape index (κ1) is 23.2. The summed E-state index contributed by atoms with van der Waals surface area (Å²) in [7, 11) is 0. The Morgan fingerprint density at radius 1 is 1.18 bits per heavy atom. The summed E-state index contributed by atoms with van der Waals surface area (Å²) >= 11 is 0. The molecule has 1 fully saturated rings. The zero-order valence-electron chi connectivity index (χ0n) is 19.0. The van der Waals surface area contributed by atoms with Crippen LogP contribution in [0, 0.1) is 6.92 Å². The molecule has 1 aliphatic heterocycles. The van der Waals surface area contributed by atoms with Gasteiger partial charge in [0, 0.05) is 54.9 Å². The number of pyridine rings is 1. The Labute approximate surface area is 190 Å². The molecule has 0 atom stereocenters. The average molecular weight is 460 g/mol. The van der Waals surface area contributed by atoms with Gasteiger partial charge in [-0.1, -0.05) is 0 Å². The van der Waals surface area contributed by atoms with Crippen molar-refractivity contribution in [3.05, 3.63) is 36.3 Å². The van der Waals surface area contributed by atoms with Crippen LogP contribution in [0.2, 0.25) is 0 Å². The second-order valence-electron chi connectivity index (χ2n) is 8.69. The fraction of sp³-hybridized carbons (Fsp3) is 0.478. The molecule has 0 amide bonds. The molecule has 1 aliphatic rings. The summed E-state index contributed by atoms with van der Waals surface area (Å²) in [5, 5.41) is 7.90. The van der Waals surface area contributed by atoms with E-state index in [-0.39, 0.29) is 12.6 Å². The number of halogens is 3. The summed E-state index contributed by atoms with van der Waals surface area (Å²) in [5.41, 5.74) is 4.77. The van der Waals surface area contributed by atoms with Gasteiger partial charge in [0.2, 0.25) is 5.95 Å². The third kappa shape index (κ3) is 5.87. The molecule has 1 N–H and O–H groups in total. The van der Waals surface area contributed by atoms with Crippen molar-refractivity contribution in [3.63, 3.8) is 0 Å². The van der Waals surface area contributed by atoms with E-state index in [1.54, 1.807) is 10.7 Å². The second-order valence-corrected chi connectivity index (χ2v) is 8.69. The third-order valence-corrected chi connectivity index (χ3v) is 5.74. The monoisotopic (exact) mass is 459 g/mol. The molecule has 176 valence electrons. The fourth-order valence-corrected chi connectivity index (χ4v) is 4.02. The number of hydrogen-bond donors (Lipinski definition) is 1. The molecule has 0 unspecified atom stereocenters. The van der Waals surface area contributed by atoms with Crippen molar-refractivity contribution in [3.8, 4) is 11.1 Å². The molecule has 4 rings (SSSR count). The number of hydrogen-bond acceptors (Lipinski definition) is 6. The molecule has 33 heavy (non-hydrogen) atoms. The Morgan fingerprint density at radius 3 is 2.61 bits per heavy atom. The van der Waals surface area contributed by atoms with E-state index in [9.17, 15) is 13.2 Å². The quantitative estimate of drug-likeness (QED) is 0.523. The lowest BCUT2D eigenvalue weighted by atomic mass is 10.1. The van der Waals surface area contributed by atoms with Crippen LogP contribution in [-0.2, 0) is 0 Å². The summed E-state index contributed by atoms with van der Waals surface area (Å²) in [6.07, 6.45) is 2.12. The number of aryl methyl sites for hydroxylation is 1. The van der Waals surface area contributed by atoms with E-state index in [0.717, 1.165) is 46.6 Å². The number of likely N-dealkylation sites (tertiary alicyclic amines) is 1. The number of alkyl halides is 3. The Hall–Kier alpha value is -3.01. The van der Waals surface area contributed by atoms with Crippen LogP contribution < -0.4 is 5.32 Å². The normalized spacial score (nSPS) is 15.7. The van der Waals surface area contributed by atoms with Crippen molar-refractivity contribution in [2.45, 2.75) is 52.3 Å². The number of anilines is 1. The van der Waals surface area contributed by atoms with Crippen LogP contribution in [0.15, 0.2) is 35.7 Å². The van der Waals surface area contributed by atoms with E-state index in [2.05, 4.69) is 31.4 Å². The minimum Gasteiger partial charge on any atom is -0.350 e. The first-order valence-electron chi connectivity index (χ1n) is 11.1. The molecular formula is C23H28F3N7. The van der Waals surface area contributed by atoms with E-state index in [1.165, 1.54) is 0 Å². The van der Waals surface area contributed by atoms with Crippen LogP contribution in [0.25, 0.3) is 16.6 Å². The fourth-order valence-electron chi connectivity index (χ4n) is 4.02. The van der Waals surface area contributed by atoms with Gasteiger partial charge in [0.25, 0.3) is 0 Å². The molecule has 0 aliphatic carbocycles. The van der Waals surface area contributed by atoms with Gasteiger partial charge in [0.15, 0.2) is 5.82 Å². The number of rotatable bonds is 6. The second kappa shape index (κ2) is 9.46. The molecule has 1 saturated heterocycles. The SMILES string of the molecule is CC(C)=Nc1ncc(-c2ccn3nc(NC4CCN(CCC(F)(F)F)CC4)ncc23)cc1C. The summed E-state index contributed by atoms with van der Waals surface area (Å²) in [6, 6.07) is 4.18. The van der Waals surface area contributed by atoms with Gasteiger partial charge >= 0.3 is 6.18 Å². The predicted molar refractivity (Wildman–Crippen MR) is 123 cm³/mol. The lowest BCUT2D eigenvalue weighted by molar-refractivity contribution is -0.138. The molecule has 3 aromatic heterocycles. The van der Waals surface area contributed by atoms with Gasteiger partial charge < -0.3 is 10.2 Å². The van der Waals surface area contributed by atoms with Gasteiger partial charge in [0.1, 0.15) is 0 Å². The van der Waals surface area contributed by atoms with Crippen molar-refractivity contribution in [1.82, 2.24) is 24.5 Å². The van der Waals surface area contributed by atoms with Gasteiger partial charge in [-0.25, -0.2) is 19.5 Å². The first-order valence-corrected chi connectivity index (χ1v) is 11.1. The van der Waals surface area contributed by atoms with Gasteiger partial charge in [0.05, 0.1) is 18.1 Å². The predicted octanol–water partition coefficient (Wildman–Crippen LogP) is 5.04. The van der Waals surface area contributed by atoms with Crippen LogP contribution in [0.1, 0.15) is 38.7 Å². The highest BCUT2D eigenvalue weighted by molar-refractivity contribution is 5.83. The maximum atomic E-state index is 12.4. The van der Waals surface area contributed by atoms with Crippen molar-refractivity contribution >= 4 is 23.0 Å². The smallest absolute Gasteiger partial charge is 0.350 e. The molecule has 7 nitrogen and oxygen atoms in total. The molecule has 0 spiro atoms. The van der Waals surface area contributed by atoms with Crippen LogP contribution in [0.3, 0.4) is 0 Å². The van der Waals surface area contributed by atoms with E-state index >= 15 is 0 Å². The molecule has 0 aromatic carbocycles. The molecule has 0 radical (unpaired) electrons. The van der Waals surface area contributed by atoms with Crippen LogP contribution in [0.5, 0.6) is 0 Å². The Balaban J connectivity index is 1.42. The summed E-state index contributed by atoms with van der Waals surface area (Å²) in [4.78, 5) is 15.3. The van der Waals surface area contributed by atoms with Crippen LogP contribution in [0.4, 0.5) is 24.9 Å². The molecule has 3 aromatic rings. The summed E-state index contributed by atoms with van der Waals surface area (Å²) < 4.78 is 39.1. The van der Waals surface area contributed by atoms with Crippen molar-refractivity contribution in [1.29, 1.82) is 0 Å². The first-order chi connectivity index (χ1) is 15.7. The summed E-state index contributed by atoms with van der Waals surface area (Å²) in [5.74, 6) is 1.23. The zero-order chi connectivity index (χ0) is 23.6. The highest BCUT2D eigenvalue weighted by Crippen LogP contribution is 2.28. The van der Waals surface area contributed by atoms with Crippen LogP contribution >= 0.6 is 0 Å². The molecule has 10 heteroatoms. The number of aromatic nitrogens is 4. The van der Waals surface area contributed by atoms with E-state index in [4.69, 9.17) is 0 Å². The summed E-state index contributed by atoms with van der Waals surface area (Å²) in [6.45, 7) is 7.20. The van der Waals surface area contributed by atoms with Crippen molar-refractivity contribution in [2.24, 2.45) is 4.99 Å². The highest BCUT2D eigenvalue weighted by Gasteiger charge is 2.29. The molecule has 4 heterocycles. The van der Waals surface area contributed by atoms with Gasteiger partial charge in [-0.3, -0.25) is 0 Å². The Morgan fingerprint density at radius 2 is 1.94 bits per heavy atom. The highest BCUT2D eigenvalue weighted by atomic mass is 19.4. The molecule has 0 saturated carbocycles. The maximum absolute atomic E-state index is 12.4. The molecular weight excluding hydrogens is 431 g/mol. The number of nitrogens with zero attached hydrogens (tertiary/aromatic N) is 6. The minimum atomic E-state index is -4.10. The van der Waals surface area contributed by atoms with Crippen LogP contribution in [-0.4, -0.2) is 62.0 Å². The Kier molecular flexibility index (Phi) is 6.64. The maximum Gasteiger partial charge on any atom is 0.390 e. The van der Waals surface area contributed by atoms with Crippen molar-refractivity contribution < 1.29 is 13.2 Å². The number of aliphatic imine (C=N–C) groups is 1. The number of nitrogens with one attached hydrogen (secondary N) is 1. The lowest BCUT2D eigenvalue weighted by Gasteiger charge is -2.32. The van der Waals surface area contributed by atoms with Gasteiger partial charge in [-0.05, 0) is 51.3 Å². The topological polar surface area (TPSA) is 70.7 Å². The van der Waals surface area contributed by atoms with Gasteiger partial charge in [-0.2, -0.15) is 13.2 Å². The zero-order valence-corrected chi connectivity index (χ0v) is 19.0. The standard InChI is InChI=1S/C23H28F3N7/c1-15(2)29-21-16(3)12-17(13-27-21)19-6-10-33-20(19)14-28-22(31-33)30-18-4-8-32(9-5-18)11-7-23(24,25)26/h6,10,12-14,18H,4-5,7-9,11H2,1-3H3,(H,30,31). The van der Waals surface area contributed by atoms with Gasteiger partial charge in [-0.15, -0.1) is 5.10 Å². The van der Waals surface area contributed by atoms with E-state index in [1.807, 2.05) is 44.1 Å².